The van der Waals surface area contributed by atoms with Crippen LogP contribution in [-0.2, 0) is 0 Å². The number of benzene rings is 1. The summed E-state index contributed by atoms with van der Waals surface area (Å²) in [4.78, 5) is 15.7. The third-order valence-corrected chi connectivity index (χ3v) is 3.07. The van der Waals surface area contributed by atoms with E-state index in [9.17, 15) is 15.1 Å². The van der Waals surface area contributed by atoms with Crippen molar-refractivity contribution in [3.05, 3.63) is 56.8 Å². The van der Waals surface area contributed by atoms with E-state index in [2.05, 4.69) is 4.99 Å². The molecule has 0 aliphatic rings. The lowest BCUT2D eigenvalue weighted by Crippen LogP contribution is -2.20. The van der Waals surface area contributed by atoms with Crippen LogP contribution in [0.3, 0.4) is 0 Å². The number of hydrogen-bond donors (Lipinski definition) is 2. The standard InChI is InChI=1S/C14H13ClN2O3/c1-8-6-12(18)17(20)14(19)13(8)9(2)16-11-5-3-4-10(15)7-11/h3-7,19-20H,1-2H3. The number of aryl methyl sites for hydroxylation is 1. The fourth-order valence-electron chi connectivity index (χ4n) is 1.95. The number of aromatic nitrogens is 1. The molecule has 0 spiro atoms. The van der Waals surface area contributed by atoms with Gasteiger partial charge >= 0.3 is 0 Å². The third kappa shape index (κ3) is 2.67. The van der Waals surface area contributed by atoms with Crippen molar-refractivity contribution in [1.29, 1.82) is 0 Å². The monoisotopic (exact) mass is 292 g/mol. The summed E-state index contributed by atoms with van der Waals surface area (Å²) in [5.41, 5.74) is 1.22. The van der Waals surface area contributed by atoms with Crippen LogP contribution in [0, 0.1) is 6.92 Å². The summed E-state index contributed by atoms with van der Waals surface area (Å²) in [7, 11) is 0. The summed E-state index contributed by atoms with van der Waals surface area (Å²) < 4.78 is 0.194. The quantitative estimate of drug-likeness (QED) is 0.660. The van der Waals surface area contributed by atoms with Crippen LogP contribution in [0.15, 0.2) is 40.1 Å². The molecule has 0 radical (unpaired) electrons. The number of rotatable bonds is 2. The van der Waals surface area contributed by atoms with E-state index in [1.54, 1.807) is 38.1 Å². The van der Waals surface area contributed by atoms with Gasteiger partial charge in [0.15, 0.2) is 0 Å². The Labute approximate surface area is 120 Å². The maximum absolute atomic E-state index is 11.3. The van der Waals surface area contributed by atoms with Crippen molar-refractivity contribution in [3.63, 3.8) is 0 Å². The third-order valence-electron chi connectivity index (χ3n) is 2.83. The Morgan fingerprint density at radius 1 is 1.35 bits per heavy atom. The first kappa shape index (κ1) is 14.1. The largest absolute Gasteiger partial charge is 0.492 e. The van der Waals surface area contributed by atoms with Crippen LogP contribution < -0.4 is 5.56 Å². The second-order valence-corrected chi connectivity index (χ2v) is 4.79. The van der Waals surface area contributed by atoms with Crippen molar-refractivity contribution >= 4 is 23.0 Å². The van der Waals surface area contributed by atoms with Gasteiger partial charge in [0.05, 0.1) is 17.0 Å². The number of aliphatic imine (C=N–C) groups is 1. The van der Waals surface area contributed by atoms with E-state index in [0.717, 1.165) is 0 Å². The molecule has 20 heavy (non-hydrogen) atoms. The molecule has 0 atom stereocenters. The van der Waals surface area contributed by atoms with Crippen molar-refractivity contribution in [2.24, 2.45) is 4.99 Å². The minimum absolute atomic E-state index is 0.194. The van der Waals surface area contributed by atoms with Gasteiger partial charge in [0.2, 0.25) is 5.88 Å². The van der Waals surface area contributed by atoms with Gasteiger partial charge in [-0.05, 0) is 37.6 Å². The number of nitrogens with zero attached hydrogens (tertiary/aromatic N) is 2. The van der Waals surface area contributed by atoms with Gasteiger partial charge in [-0.3, -0.25) is 9.79 Å². The summed E-state index contributed by atoms with van der Waals surface area (Å²) >= 11 is 5.88. The van der Waals surface area contributed by atoms with E-state index in [0.29, 0.717) is 27.5 Å². The molecule has 2 aromatic rings. The molecule has 0 aliphatic heterocycles. The van der Waals surface area contributed by atoms with Gasteiger partial charge in [-0.1, -0.05) is 17.7 Å². The van der Waals surface area contributed by atoms with Crippen molar-refractivity contribution in [2.75, 3.05) is 0 Å². The highest BCUT2D eigenvalue weighted by molar-refractivity contribution is 6.30. The van der Waals surface area contributed by atoms with E-state index < -0.39 is 11.4 Å². The highest BCUT2D eigenvalue weighted by Crippen LogP contribution is 2.23. The zero-order chi connectivity index (χ0) is 14.9. The lowest BCUT2D eigenvalue weighted by molar-refractivity contribution is 0.143. The average Bonchev–Trinajstić information content (AvgIpc) is 2.36. The smallest absolute Gasteiger partial charge is 0.286 e. The first-order valence-corrected chi connectivity index (χ1v) is 6.24. The van der Waals surface area contributed by atoms with Crippen LogP contribution in [0.4, 0.5) is 5.69 Å². The Bertz CT molecular complexity index is 751. The predicted octanol–water partition coefficient (Wildman–Crippen LogP) is 2.89. The topological polar surface area (TPSA) is 74.8 Å². The summed E-state index contributed by atoms with van der Waals surface area (Å²) in [5, 5.41) is 19.9. The van der Waals surface area contributed by atoms with Gasteiger partial charge in [-0.25, -0.2) is 0 Å². The van der Waals surface area contributed by atoms with Crippen molar-refractivity contribution in [1.82, 2.24) is 4.73 Å². The van der Waals surface area contributed by atoms with E-state index >= 15 is 0 Å². The van der Waals surface area contributed by atoms with Crippen LogP contribution >= 0.6 is 11.6 Å². The Morgan fingerprint density at radius 3 is 2.70 bits per heavy atom. The molecule has 1 aromatic carbocycles. The normalized spacial score (nSPS) is 11.7. The molecule has 1 aromatic heterocycles. The van der Waals surface area contributed by atoms with E-state index in [1.165, 1.54) is 6.07 Å². The minimum Gasteiger partial charge on any atom is -0.492 e. The maximum Gasteiger partial charge on any atom is 0.286 e. The molecule has 2 N–H and O–H groups in total. The van der Waals surface area contributed by atoms with Crippen LogP contribution in [0.5, 0.6) is 5.88 Å². The maximum atomic E-state index is 11.3. The second-order valence-electron chi connectivity index (χ2n) is 4.35. The van der Waals surface area contributed by atoms with Crippen molar-refractivity contribution in [2.45, 2.75) is 13.8 Å². The number of aromatic hydroxyl groups is 1. The van der Waals surface area contributed by atoms with Crippen molar-refractivity contribution in [3.8, 4) is 5.88 Å². The molecule has 0 amide bonds. The van der Waals surface area contributed by atoms with Crippen LogP contribution in [0.25, 0.3) is 0 Å². The van der Waals surface area contributed by atoms with Gasteiger partial charge in [-0.2, -0.15) is 0 Å². The highest BCUT2D eigenvalue weighted by Gasteiger charge is 2.14. The summed E-state index contributed by atoms with van der Waals surface area (Å²) in [6.07, 6.45) is 0. The Morgan fingerprint density at radius 2 is 2.05 bits per heavy atom. The number of halogens is 1. The Kier molecular flexibility index (Phi) is 3.81. The lowest BCUT2D eigenvalue weighted by Gasteiger charge is -2.10. The molecule has 0 fully saturated rings. The number of hydrogen-bond acceptors (Lipinski definition) is 4. The molecule has 0 saturated carbocycles. The van der Waals surface area contributed by atoms with Gasteiger partial charge in [0.25, 0.3) is 5.56 Å². The van der Waals surface area contributed by atoms with Gasteiger partial charge in [0.1, 0.15) is 0 Å². The molecule has 0 unspecified atom stereocenters. The molecular formula is C14H13ClN2O3. The van der Waals surface area contributed by atoms with Crippen LogP contribution in [0.2, 0.25) is 5.02 Å². The number of pyridine rings is 1. The molecule has 6 heteroatoms. The molecule has 1 heterocycles. The van der Waals surface area contributed by atoms with Crippen LogP contribution in [-0.4, -0.2) is 20.8 Å². The van der Waals surface area contributed by atoms with E-state index in [4.69, 9.17) is 11.6 Å². The SMILES string of the molecule is CC(=Nc1cccc(Cl)c1)c1c(C)cc(=O)n(O)c1O. The summed E-state index contributed by atoms with van der Waals surface area (Å²) in [6, 6.07) is 8.15. The minimum atomic E-state index is -0.695. The Hall–Kier alpha value is -2.27. The summed E-state index contributed by atoms with van der Waals surface area (Å²) in [6.45, 7) is 3.33. The second kappa shape index (κ2) is 5.38. The molecule has 0 aliphatic carbocycles. The Balaban J connectivity index is 2.57. The molecule has 5 nitrogen and oxygen atoms in total. The predicted molar refractivity (Wildman–Crippen MR) is 77.6 cm³/mol. The fraction of sp³-hybridized carbons (Fsp3) is 0.143. The first-order chi connectivity index (χ1) is 9.40. The molecule has 0 saturated heterocycles. The fourth-order valence-corrected chi connectivity index (χ4v) is 2.13. The average molecular weight is 293 g/mol. The zero-order valence-electron chi connectivity index (χ0n) is 11.0. The first-order valence-electron chi connectivity index (χ1n) is 5.86. The van der Waals surface area contributed by atoms with Crippen LogP contribution in [0.1, 0.15) is 18.1 Å². The van der Waals surface area contributed by atoms with Crippen molar-refractivity contribution < 1.29 is 10.3 Å². The lowest BCUT2D eigenvalue weighted by atomic mass is 10.1. The summed E-state index contributed by atoms with van der Waals surface area (Å²) in [5.74, 6) is -0.529. The molecule has 104 valence electrons. The van der Waals surface area contributed by atoms with Gasteiger partial charge < -0.3 is 10.3 Å². The van der Waals surface area contributed by atoms with E-state index in [-0.39, 0.29) is 4.73 Å². The van der Waals surface area contributed by atoms with Gasteiger partial charge in [0, 0.05) is 11.1 Å². The molecule has 2 rings (SSSR count). The molecule has 0 bridgehead atoms. The molecular weight excluding hydrogens is 280 g/mol. The highest BCUT2D eigenvalue weighted by atomic mass is 35.5. The van der Waals surface area contributed by atoms with Gasteiger partial charge in [-0.15, -0.1) is 4.73 Å². The van der Waals surface area contributed by atoms with E-state index in [1.807, 2.05) is 0 Å². The zero-order valence-corrected chi connectivity index (χ0v) is 11.7.